The van der Waals surface area contributed by atoms with Crippen molar-refractivity contribution in [2.75, 3.05) is 32.6 Å². The highest BCUT2D eigenvalue weighted by molar-refractivity contribution is 5.66. The summed E-state index contributed by atoms with van der Waals surface area (Å²) in [5.74, 6) is 1.14. The van der Waals surface area contributed by atoms with Crippen molar-refractivity contribution >= 4 is 5.69 Å². The second-order valence-electron chi connectivity index (χ2n) is 8.68. The molecule has 1 aliphatic heterocycles. The van der Waals surface area contributed by atoms with E-state index in [-0.39, 0.29) is 0 Å². The van der Waals surface area contributed by atoms with Gasteiger partial charge >= 0.3 is 0 Å². The van der Waals surface area contributed by atoms with Gasteiger partial charge in [-0.1, -0.05) is 23.4 Å². The number of nitrogens with zero attached hydrogens (tertiary/aromatic N) is 4. The van der Waals surface area contributed by atoms with Gasteiger partial charge in [0.15, 0.2) is 0 Å². The lowest BCUT2D eigenvalue weighted by molar-refractivity contribution is 0.185. The number of hydrogen-bond acceptors (Lipinski definition) is 6. The van der Waals surface area contributed by atoms with E-state index in [4.69, 9.17) is 9.26 Å². The van der Waals surface area contributed by atoms with Crippen LogP contribution < -0.4 is 4.90 Å². The molecule has 0 aliphatic carbocycles. The Kier molecular flexibility index (Phi) is 6.68. The zero-order valence-corrected chi connectivity index (χ0v) is 19.0. The molecule has 6 nitrogen and oxygen atoms in total. The van der Waals surface area contributed by atoms with Crippen molar-refractivity contribution in [2.45, 2.75) is 45.4 Å². The van der Waals surface area contributed by atoms with Crippen LogP contribution in [-0.4, -0.2) is 48.8 Å². The van der Waals surface area contributed by atoms with Crippen LogP contribution in [0.25, 0.3) is 22.8 Å². The van der Waals surface area contributed by atoms with Gasteiger partial charge in [0.2, 0.25) is 5.82 Å². The van der Waals surface area contributed by atoms with E-state index in [9.17, 15) is 0 Å². The molecule has 1 fully saturated rings. The summed E-state index contributed by atoms with van der Waals surface area (Å²) in [6, 6.07) is 15.2. The van der Waals surface area contributed by atoms with E-state index in [1.807, 2.05) is 12.1 Å². The molecule has 0 amide bonds. The van der Waals surface area contributed by atoms with E-state index in [0.29, 0.717) is 24.4 Å². The van der Waals surface area contributed by atoms with Gasteiger partial charge in [0.25, 0.3) is 5.89 Å². The molecule has 1 atom stereocenters. The van der Waals surface area contributed by atoms with Crippen LogP contribution in [-0.2, 0) is 17.9 Å². The third-order valence-electron chi connectivity index (χ3n) is 5.85. The summed E-state index contributed by atoms with van der Waals surface area (Å²) in [5.41, 5.74) is 5.50. The standard InChI is InChI=1S/C25H32N4O2/c1-18-8-5-6-13-29(18)23-12-11-21(15-22(23)17-30-4)25-26-24(27-31-25)20-10-7-9-19(14-20)16-28(2)3/h7,9-12,14-15,18H,5-6,8,13,16-17H2,1-4H3. The van der Waals surface area contributed by atoms with E-state index in [1.165, 1.54) is 30.5 Å². The minimum absolute atomic E-state index is 0.531. The van der Waals surface area contributed by atoms with Crippen LogP contribution in [0.1, 0.15) is 37.3 Å². The van der Waals surface area contributed by atoms with Crippen LogP contribution in [0.15, 0.2) is 47.0 Å². The lowest BCUT2D eigenvalue weighted by Gasteiger charge is -2.36. The minimum atomic E-state index is 0.531. The Morgan fingerprint density at radius 2 is 2.00 bits per heavy atom. The number of rotatable bonds is 7. The molecule has 0 radical (unpaired) electrons. The quantitative estimate of drug-likeness (QED) is 0.537. The first kappa shape index (κ1) is 21.5. The molecular weight excluding hydrogens is 388 g/mol. The van der Waals surface area contributed by atoms with Crippen molar-refractivity contribution in [3.8, 4) is 22.8 Å². The van der Waals surface area contributed by atoms with Gasteiger partial charge in [-0.15, -0.1) is 0 Å². The monoisotopic (exact) mass is 420 g/mol. The molecule has 1 unspecified atom stereocenters. The highest BCUT2D eigenvalue weighted by atomic mass is 16.5. The smallest absolute Gasteiger partial charge is 0.258 e. The van der Waals surface area contributed by atoms with Gasteiger partial charge in [-0.25, -0.2) is 0 Å². The lowest BCUT2D eigenvalue weighted by Crippen LogP contribution is -2.38. The van der Waals surface area contributed by atoms with E-state index < -0.39 is 0 Å². The number of hydrogen-bond donors (Lipinski definition) is 0. The molecule has 1 saturated heterocycles. The predicted molar refractivity (Wildman–Crippen MR) is 124 cm³/mol. The summed E-state index contributed by atoms with van der Waals surface area (Å²) in [4.78, 5) is 9.32. The molecule has 6 heteroatoms. The summed E-state index contributed by atoms with van der Waals surface area (Å²) in [6.07, 6.45) is 3.77. The van der Waals surface area contributed by atoms with Crippen LogP contribution in [0.2, 0.25) is 0 Å². The Balaban J connectivity index is 1.62. The molecule has 31 heavy (non-hydrogen) atoms. The largest absolute Gasteiger partial charge is 0.380 e. The van der Waals surface area contributed by atoms with Crippen molar-refractivity contribution in [2.24, 2.45) is 0 Å². The van der Waals surface area contributed by atoms with Crippen molar-refractivity contribution in [3.05, 3.63) is 53.6 Å². The van der Waals surface area contributed by atoms with Crippen LogP contribution in [0.3, 0.4) is 0 Å². The Labute approximate surface area is 184 Å². The first-order valence-corrected chi connectivity index (χ1v) is 11.0. The second-order valence-corrected chi connectivity index (χ2v) is 8.68. The highest BCUT2D eigenvalue weighted by Gasteiger charge is 2.22. The van der Waals surface area contributed by atoms with Crippen molar-refractivity contribution in [1.29, 1.82) is 0 Å². The van der Waals surface area contributed by atoms with Gasteiger partial charge in [0, 0.05) is 48.6 Å². The molecule has 164 valence electrons. The zero-order valence-electron chi connectivity index (χ0n) is 19.0. The molecule has 0 N–H and O–H groups in total. The normalized spacial score (nSPS) is 16.8. The fourth-order valence-corrected chi connectivity index (χ4v) is 4.36. The molecule has 1 aliphatic rings. The fraction of sp³-hybridized carbons (Fsp3) is 0.440. The van der Waals surface area contributed by atoms with Crippen LogP contribution >= 0.6 is 0 Å². The summed E-state index contributed by atoms with van der Waals surface area (Å²) in [6.45, 7) is 4.82. The van der Waals surface area contributed by atoms with Crippen LogP contribution in [0.4, 0.5) is 5.69 Å². The number of ether oxygens (including phenoxy) is 1. The number of benzene rings is 2. The molecule has 3 aromatic rings. The Morgan fingerprint density at radius 3 is 2.77 bits per heavy atom. The SMILES string of the molecule is COCc1cc(-c2nc(-c3cccc(CN(C)C)c3)no2)ccc1N1CCCCC1C. The molecular formula is C25H32N4O2. The number of methoxy groups -OCH3 is 1. The molecule has 2 heterocycles. The fourth-order valence-electron chi connectivity index (χ4n) is 4.36. The number of piperidine rings is 1. The second kappa shape index (κ2) is 9.62. The zero-order chi connectivity index (χ0) is 21.8. The van der Waals surface area contributed by atoms with Gasteiger partial charge in [-0.05, 0) is 70.1 Å². The van der Waals surface area contributed by atoms with E-state index in [0.717, 1.165) is 29.8 Å². The third-order valence-corrected chi connectivity index (χ3v) is 5.85. The first-order chi connectivity index (χ1) is 15.0. The Bertz CT molecular complexity index is 1010. The van der Waals surface area contributed by atoms with E-state index in [2.05, 4.69) is 71.3 Å². The third kappa shape index (κ3) is 4.97. The predicted octanol–water partition coefficient (Wildman–Crippen LogP) is 4.99. The average molecular weight is 421 g/mol. The van der Waals surface area contributed by atoms with Crippen molar-refractivity contribution in [3.63, 3.8) is 0 Å². The summed E-state index contributed by atoms with van der Waals surface area (Å²) in [5, 5.41) is 4.24. The molecule has 0 spiro atoms. The molecule has 0 saturated carbocycles. The number of anilines is 1. The average Bonchev–Trinajstić information content (AvgIpc) is 3.25. The van der Waals surface area contributed by atoms with E-state index in [1.54, 1.807) is 7.11 Å². The first-order valence-electron chi connectivity index (χ1n) is 11.0. The minimum Gasteiger partial charge on any atom is -0.380 e. The molecule has 2 aromatic carbocycles. The summed E-state index contributed by atoms with van der Waals surface area (Å²) in [7, 11) is 5.86. The summed E-state index contributed by atoms with van der Waals surface area (Å²) < 4.78 is 11.1. The van der Waals surface area contributed by atoms with Gasteiger partial charge < -0.3 is 19.1 Å². The maximum absolute atomic E-state index is 5.64. The molecule has 0 bridgehead atoms. The molecule has 4 rings (SSSR count). The molecule has 1 aromatic heterocycles. The van der Waals surface area contributed by atoms with Crippen molar-refractivity contribution in [1.82, 2.24) is 15.0 Å². The Hall–Kier alpha value is -2.70. The maximum atomic E-state index is 5.64. The van der Waals surface area contributed by atoms with Crippen LogP contribution in [0.5, 0.6) is 0 Å². The summed E-state index contributed by atoms with van der Waals surface area (Å²) >= 11 is 0. The van der Waals surface area contributed by atoms with Gasteiger partial charge in [0.05, 0.1) is 6.61 Å². The van der Waals surface area contributed by atoms with Gasteiger partial charge in [-0.3, -0.25) is 0 Å². The van der Waals surface area contributed by atoms with Crippen molar-refractivity contribution < 1.29 is 9.26 Å². The topological polar surface area (TPSA) is 54.6 Å². The van der Waals surface area contributed by atoms with E-state index >= 15 is 0 Å². The van der Waals surface area contributed by atoms with Crippen LogP contribution in [0, 0.1) is 0 Å². The van der Waals surface area contributed by atoms with Gasteiger partial charge in [-0.2, -0.15) is 4.98 Å². The Morgan fingerprint density at radius 1 is 1.13 bits per heavy atom. The van der Waals surface area contributed by atoms with Gasteiger partial charge in [0.1, 0.15) is 0 Å². The lowest BCUT2D eigenvalue weighted by atomic mass is 10.00. The number of aromatic nitrogens is 2. The highest BCUT2D eigenvalue weighted by Crippen LogP contribution is 2.32. The maximum Gasteiger partial charge on any atom is 0.258 e.